The molecule has 0 aromatic heterocycles. The van der Waals surface area contributed by atoms with Crippen molar-refractivity contribution >= 4 is 6.09 Å². The molecule has 0 rings (SSSR count). The molecule has 1 atom stereocenters. The van der Waals surface area contributed by atoms with Gasteiger partial charge in [-0.25, -0.2) is 4.79 Å². The Morgan fingerprint density at radius 1 is 1.11 bits per heavy atom. The summed E-state index contributed by atoms with van der Waals surface area (Å²) in [5.41, 5.74) is -0.369. The molecule has 0 bridgehead atoms. The summed E-state index contributed by atoms with van der Waals surface area (Å²) in [4.78, 5) is 11.6. The van der Waals surface area contributed by atoms with Crippen LogP contribution < -0.4 is 10.6 Å². The van der Waals surface area contributed by atoms with E-state index in [4.69, 9.17) is 4.74 Å². The van der Waals surface area contributed by atoms with Crippen LogP contribution in [0.1, 0.15) is 55.4 Å². The maximum atomic E-state index is 11.6. The number of nitrogens with one attached hydrogen (secondary N) is 2. The summed E-state index contributed by atoms with van der Waals surface area (Å²) in [6, 6.07) is 0.597. The second-order valence-electron chi connectivity index (χ2n) is 7.12. The highest BCUT2D eigenvalue weighted by Crippen LogP contribution is 2.19. The fourth-order valence-corrected chi connectivity index (χ4v) is 1.52. The Hall–Kier alpha value is -0.770. The first-order valence-electron chi connectivity index (χ1n) is 6.64. The first-order chi connectivity index (χ1) is 7.92. The van der Waals surface area contributed by atoms with Crippen molar-refractivity contribution < 1.29 is 9.53 Å². The second kappa shape index (κ2) is 6.41. The van der Waals surface area contributed by atoms with Gasteiger partial charge in [0.1, 0.15) is 5.60 Å². The minimum Gasteiger partial charge on any atom is -0.444 e. The van der Waals surface area contributed by atoms with Crippen molar-refractivity contribution in [2.45, 2.75) is 73.1 Å². The fraction of sp³-hybridized carbons (Fsp3) is 0.929. The number of carbonyl (C=O) groups is 1. The van der Waals surface area contributed by atoms with E-state index in [2.05, 4.69) is 45.3 Å². The van der Waals surface area contributed by atoms with Crippen molar-refractivity contribution in [3.05, 3.63) is 0 Å². The van der Waals surface area contributed by atoms with Gasteiger partial charge < -0.3 is 15.4 Å². The molecule has 0 radical (unpaired) electrons. The highest BCUT2D eigenvalue weighted by molar-refractivity contribution is 5.67. The average Bonchev–Trinajstić information content (AvgIpc) is 2.06. The smallest absolute Gasteiger partial charge is 0.407 e. The molecule has 18 heavy (non-hydrogen) atoms. The summed E-state index contributed by atoms with van der Waals surface area (Å²) < 4.78 is 5.23. The maximum absolute atomic E-state index is 11.6. The summed E-state index contributed by atoms with van der Waals surface area (Å²) in [5.74, 6) is 0. The third-order valence-corrected chi connectivity index (χ3v) is 2.43. The average molecular weight is 258 g/mol. The molecule has 4 heteroatoms. The molecular weight excluding hydrogens is 228 g/mol. The molecule has 0 aliphatic carbocycles. The van der Waals surface area contributed by atoms with Crippen LogP contribution in [0.5, 0.6) is 0 Å². The van der Waals surface area contributed by atoms with E-state index >= 15 is 0 Å². The summed E-state index contributed by atoms with van der Waals surface area (Å²) in [5, 5.41) is 6.30. The molecule has 0 fully saturated rings. The number of hydrogen-bond acceptors (Lipinski definition) is 3. The van der Waals surface area contributed by atoms with Gasteiger partial charge in [-0.3, -0.25) is 0 Å². The molecule has 0 heterocycles. The van der Waals surface area contributed by atoms with Crippen molar-refractivity contribution in [3.8, 4) is 0 Å². The lowest BCUT2D eigenvalue weighted by Crippen LogP contribution is -2.51. The van der Waals surface area contributed by atoms with Crippen molar-refractivity contribution in [2.75, 3.05) is 6.54 Å². The van der Waals surface area contributed by atoms with Gasteiger partial charge in [-0.2, -0.15) is 0 Å². The fourth-order valence-electron chi connectivity index (χ4n) is 1.52. The Kier molecular flexibility index (Phi) is 6.14. The summed E-state index contributed by atoms with van der Waals surface area (Å²) in [7, 11) is 0. The van der Waals surface area contributed by atoms with E-state index in [9.17, 15) is 4.79 Å². The van der Waals surface area contributed by atoms with Crippen LogP contribution in [0, 0.1) is 5.41 Å². The highest BCUT2D eigenvalue weighted by atomic mass is 16.6. The van der Waals surface area contributed by atoms with Crippen molar-refractivity contribution in [1.82, 2.24) is 10.6 Å². The minimum atomic E-state index is -0.452. The molecule has 0 aromatic carbocycles. The van der Waals surface area contributed by atoms with E-state index < -0.39 is 5.60 Å². The van der Waals surface area contributed by atoms with Crippen LogP contribution in [0.15, 0.2) is 0 Å². The number of alkyl carbamates (subject to hydrolysis) is 1. The standard InChI is InChI=1S/C14H30N2O2/c1-10(2)16-11(13(3,4)5)9-15-12(17)18-14(6,7)8/h10-11,16H,9H2,1-8H3,(H,15,17)/t11-/m0/s1. The normalized spacial score (nSPS) is 14.5. The molecule has 0 saturated heterocycles. The second-order valence-corrected chi connectivity index (χ2v) is 7.12. The number of amides is 1. The van der Waals surface area contributed by atoms with E-state index in [1.807, 2.05) is 20.8 Å². The zero-order chi connectivity index (χ0) is 14.6. The Morgan fingerprint density at radius 3 is 1.94 bits per heavy atom. The monoisotopic (exact) mass is 258 g/mol. The van der Waals surface area contributed by atoms with Gasteiger partial charge in [-0.15, -0.1) is 0 Å². The number of rotatable bonds is 4. The SMILES string of the molecule is CC(C)N[C@@H](CNC(=O)OC(C)(C)C)C(C)(C)C. The Morgan fingerprint density at radius 2 is 1.61 bits per heavy atom. The molecule has 108 valence electrons. The molecule has 0 aromatic rings. The van der Waals surface area contributed by atoms with Crippen molar-refractivity contribution in [2.24, 2.45) is 5.41 Å². The van der Waals surface area contributed by atoms with Gasteiger partial charge in [0.05, 0.1) is 0 Å². The van der Waals surface area contributed by atoms with Gasteiger partial charge in [-0.1, -0.05) is 34.6 Å². The third-order valence-electron chi connectivity index (χ3n) is 2.43. The first kappa shape index (κ1) is 17.2. The van der Waals surface area contributed by atoms with Crippen molar-refractivity contribution in [1.29, 1.82) is 0 Å². The topological polar surface area (TPSA) is 50.4 Å². The highest BCUT2D eigenvalue weighted by Gasteiger charge is 2.26. The van der Waals surface area contributed by atoms with Crippen LogP contribution in [-0.2, 0) is 4.74 Å². The zero-order valence-electron chi connectivity index (χ0n) is 13.2. The van der Waals surface area contributed by atoms with Gasteiger partial charge >= 0.3 is 6.09 Å². The van der Waals surface area contributed by atoms with E-state index in [1.165, 1.54) is 0 Å². The van der Waals surface area contributed by atoms with E-state index in [1.54, 1.807) is 0 Å². The molecule has 1 amide bonds. The molecular formula is C14H30N2O2. The van der Waals surface area contributed by atoms with Crippen LogP contribution >= 0.6 is 0 Å². The van der Waals surface area contributed by atoms with Gasteiger partial charge in [0, 0.05) is 18.6 Å². The third kappa shape index (κ3) is 8.34. The molecule has 2 N–H and O–H groups in total. The summed E-state index contributed by atoms with van der Waals surface area (Å²) in [6.45, 7) is 16.8. The van der Waals surface area contributed by atoms with E-state index in [-0.39, 0.29) is 17.6 Å². The lowest BCUT2D eigenvalue weighted by Gasteiger charge is -2.33. The van der Waals surface area contributed by atoms with Crippen LogP contribution in [0.25, 0.3) is 0 Å². The quantitative estimate of drug-likeness (QED) is 0.815. The Balaban J connectivity index is 4.32. The summed E-state index contributed by atoms with van der Waals surface area (Å²) in [6.07, 6.45) is -0.359. The zero-order valence-corrected chi connectivity index (χ0v) is 13.2. The lowest BCUT2D eigenvalue weighted by molar-refractivity contribution is 0.0512. The van der Waals surface area contributed by atoms with Gasteiger partial charge in [0.15, 0.2) is 0 Å². The lowest BCUT2D eigenvalue weighted by atomic mass is 9.86. The van der Waals surface area contributed by atoms with Gasteiger partial charge in [-0.05, 0) is 26.2 Å². The Bertz CT molecular complexity index is 262. The first-order valence-corrected chi connectivity index (χ1v) is 6.64. The molecule has 0 unspecified atom stereocenters. The van der Waals surface area contributed by atoms with Crippen LogP contribution in [-0.4, -0.2) is 30.3 Å². The largest absolute Gasteiger partial charge is 0.444 e. The minimum absolute atomic E-state index is 0.0826. The molecule has 0 aliphatic heterocycles. The molecule has 0 spiro atoms. The predicted molar refractivity (Wildman–Crippen MR) is 75.8 cm³/mol. The maximum Gasteiger partial charge on any atom is 0.407 e. The predicted octanol–water partition coefficient (Wildman–Crippen LogP) is 2.92. The molecule has 4 nitrogen and oxygen atoms in total. The summed E-state index contributed by atoms with van der Waals surface area (Å²) >= 11 is 0. The van der Waals surface area contributed by atoms with Crippen LogP contribution in [0.2, 0.25) is 0 Å². The van der Waals surface area contributed by atoms with Gasteiger partial charge in [0.2, 0.25) is 0 Å². The Labute approximate surface area is 112 Å². The van der Waals surface area contributed by atoms with Crippen LogP contribution in [0.3, 0.4) is 0 Å². The number of hydrogen-bond donors (Lipinski definition) is 2. The number of carbonyl (C=O) groups excluding carboxylic acids is 1. The van der Waals surface area contributed by atoms with Crippen LogP contribution in [0.4, 0.5) is 4.79 Å². The van der Waals surface area contributed by atoms with Gasteiger partial charge in [0.25, 0.3) is 0 Å². The number of ether oxygens (including phenoxy) is 1. The van der Waals surface area contributed by atoms with E-state index in [0.29, 0.717) is 12.6 Å². The molecule has 0 saturated carbocycles. The molecule has 0 aliphatic rings. The van der Waals surface area contributed by atoms with Crippen molar-refractivity contribution in [3.63, 3.8) is 0 Å². The van der Waals surface area contributed by atoms with E-state index in [0.717, 1.165) is 0 Å².